The average molecular weight is 266 g/mol. The van der Waals surface area contributed by atoms with Gasteiger partial charge in [0.05, 0.1) is 7.11 Å². The molecule has 19 heavy (non-hydrogen) atoms. The molecule has 4 nitrogen and oxygen atoms in total. The van der Waals surface area contributed by atoms with E-state index in [9.17, 15) is 0 Å². The van der Waals surface area contributed by atoms with Crippen molar-refractivity contribution in [1.82, 2.24) is 10.2 Å². The summed E-state index contributed by atoms with van der Waals surface area (Å²) in [5.41, 5.74) is 1.24. The summed E-state index contributed by atoms with van der Waals surface area (Å²) in [5, 5.41) is 12.5. The number of aliphatic hydroxyl groups is 1. The Morgan fingerprint density at radius 1 is 1.42 bits per heavy atom. The van der Waals surface area contributed by atoms with E-state index in [0.717, 1.165) is 31.8 Å². The molecule has 1 rings (SSSR count). The minimum absolute atomic E-state index is 0.227. The highest BCUT2D eigenvalue weighted by atomic mass is 16.5. The van der Waals surface area contributed by atoms with Crippen LogP contribution in [0.4, 0.5) is 0 Å². The van der Waals surface area contributed by atoms with Crippen molar-refractivity contribution in [3.05, 3.63) is 29.8 Å². The number of methoxy groups -OCH3 is 1. The second kappa shape index (κ2) is 8.91. The maximum absolute atomic E-state index is 9.06. The minimum atomic E-state index is 0.227. The fourth-order valence-corrected chi connectivity index (χ4v) is 2.23. The molecular weight excluding hydrogens is 240 g/mol. The van der Waals surface area contributed by atoms with Gasteiger partial charge >= 0.3 is 0 Å². The zero-order valence-electron chi connectivity index (χ0n) is 12.2. The fourth-order valence-electron chi connectivity index (χ4n) is 2.23. The molecule has 1 aromatic rings. The number of hydrogen-bond acceptors (Lipinski definition) is 4. The first kappa shape index (κ1) is 16.0. The van der Waals surface area contributed by atoms with Crippen molar-refractivity contribution in [1.29, 1.82) is 0 Å². The summed E-state index contributed by atoms with van der Waals surface area (Å²) in [7, 11) is 3.78. The number of rotatable bonds is 9. The van der Waals surface area contributed by atoms with E-state index in [1.807, 2.05) is 12.1 Å². The fraction of sp³-hybridized carbons (Fsp3) is 0.600. The number of benzene rings is 1. The van der Waals surface area contributed by atoms with Gasteiger partial charge in [-0.2, -0.15) is 0 Å². The zero-order chi connectivity index (χ0) is 14.1. The van der Waals surface area contributed by atoms with E-state index in [0.29, 0.717) is 6.04 Å². The molecule has 0 saturated carbocycles. The number of aliphatic hydroxyl groups excluding tert-OH is 1. The number of nitrogens with zero attached hydrogens (tertiary/aromatic N) is 1. The maximum Gasteiger partial charge on any atom is 0.119 e. The highest BCUT2D eigenvalue weighted by molar-refractivity contribution is 5.28. The van der Waals surface area contributed by atoms with Gasteiger partial charge in [-0.15, -0.1) is 0 Å². The van der Waals surface area contributed by atoms with Gasteiger partial charge < -0.3 is 20.1 Å². The first-order valence-electron chi connectivity index (χ1n) is 6.85. The zero-order valence-corrected chi connectivity index (χ0v) is 12.2. The molecular formula is C15H26N2O2. The first-order valence-corrected chi connectivity index (χ1v) is 6.85. The molecule has 2 N–H and O–H groups in total. The molecule has 0 aromatic heterocycles. The van der Waals surface area contributed by atoms with E-state index in [4.69, 9.17) is 9.84 Å². The molecule has 0 spiro atoms. The molecule has 0 aliphatic heterocycles. The van der Waals surface area contributed by atoms with Gasteiger partial charge in [0.2, 0.25) is 0 Å². The molecule has 0 fully saturated rings. The molecule has 4 heteroatoms. The van der Waals surface area contributed by atoms with E-state index in [1.54, 1.807) is 7.11 Å². The van der Waals surface area contributed by atoms with E-state index in [2.05, 4.69) is 36.3 Å². The summed E-state index contributed by atoms with van der Waals surface area (Å²) in [4.78, 5) is 2.26. The van der Waals surface area contributed by atoms with Crippen molar-refractivity contribution < 1.29 is 9.84 Å². The second-order valence-electron chi connectivity index (χ2n) is 4.82. The van der Waals surface area contributed by atoms with Crippen molar-refractivity contribution in [2.45, 2.75) is 25.9 Å². The van der Waals surface area contributed by atoms with Crippen LogP contribution in [-0.4, -0.2) is 49.9 Å². The Hall–Kier alpha value is -1.10. The lowest BCUT2D eigenvalue weighted by Gasteiger charge is -2.24. The smallest absolute Gasteiger partial charge is 0.119 e. The van der Waals surface area contributed by atoms with Crippen LogP contribution in [0.2, 0.25) is 0 Å². The minimum Gasteiger partial charge on any atom is -0.497 e. The third-order valence-corrected chi connectivity index (χ3v) is 3.09. The quantitative estimate of drug-likeness (QED) is 0.711. The Morgan fingerprint density at radius 2 is 2.21 bits per heavy atom. The number of hydrogen-bond donors (Lipinski definition) is 2. The highest BCUT2D eigenvalue weighted by Crippen LogP contribution is 2.14. The lowest BCUT2D eigenvalue weighted by Crippen LogP contribution is -2.39. The monoisotopic (exact) mass is 266 g/mol. The van der Waals surface area contributed by atoms with E-state index in [-0.39, 0.29) is 6.61 Å². The van der Waals surface area contributed by atoms with Gasteiger partial charge in [0.1, 0.15) is 5.75 Å². The van der Waals surface area contributed by atoms with Crippen LogP contribution in [0.1, 0.15) is 18.9 Å². The second-order valence-corrected chi connectivity index (χ2v) is 4.82. The SMILES string of the molecule is CCNC(CCO)CN(C)Cc1cccc(OC)c1. The van der Waals surface area contributed by atoms with Crippen LogP contribution >= 0.6 is 0 Å². The van der Waals surface area contributed by atoms with Gasteiger partial charge in [-0.1, -0.05) is 19.1 Å². The Labute approximate surface area is 116 Å². The molecule has 1 unspecified atom stereocenters. The van der Waals surface area contributed by atoms with Crippen LogP contribution in [0.3, 0.4) is 0 Å². The topological polar surface area (TPSA) is 44.7 Å². The molecule has 0 saturated heterocycles. The summed E-state index contributed by atoms with van der Waals surface area (Å²) in [5.74, 6) is 0.893. The van der Waals surface area contributed by atoms with Crippen molar-refractivity contribution >= 4 is 0 Å². The molecule has 0 aliphatic rings. The molecule has 1 atom stereocenters. The first-order chi connectivity index (χ1) is 9.19. The van der Waals surface area contributed by atoms with Crippen LogP contribution in [-0.2, 0) is 6.54 Å². The lowest BCUT2D eigenvalue weighted by molar-refractivity contribution is 0.227. The Bertz CT molecular complexity index is 352. The van der Waals surface area contributed by atoms with Crippen molar-refractivity contribution in [2.75, 3.05) is 33.9 Å². The van der Waals surface area contributed by atoms with Gasteiger partial charge in [0, 0.05) is 25.7 Å². The molecule has 108 valence electrons. The molecule has 1 aromatic carbocycles. The molecule has 0 bridgehead atoms. The van der Waals surface area contributed by atoms with Crippen LogP contribution in [0.25, 0.3) is 0 Å². The summed E-state index contributed by atoms with van der Waals surface area (Å²) in [6.45, 7) is 5.05. The van der Waals surface area contributed by atoms with Crippen LogP contribution in [0.5, 0.6) is 5.75 Å². The number of ether oxygens (including phenoxy) is 1. The van der Waals surface area contributed by atoms with E-state index >= 15 is 0 Å². The van der Waals surface area contributed by atoms with Gasteiger partial charge in [0.25, 0.3) is 0 Å². The third-order valence-electron chi connectivity index (χ3n) is 3.09. The van der Waals surface area contributed by atoms with Crippen molar-refractivity contribution in [3.8, 4) is 5.75 Å². The van der Waals surface area contributed by atoms with Crippen LogP contribution < -0.4 is 10.1 Å². The maximum atomic E-state index is 9.06. The molecule has 0 radical (unpaired) electrons. The summed E-state index contributed by atoms with van der Waals surface area (Å²) < 4.78 is 5.23. The van der Waals surface area contributed by atoms with E-state index < -0.39 is 0 Å². The number of likely N-dealkylation sites (N-methyl/N-ethyl adjacent to an activating group) is 2. The average Bonchev–Trinajstić information content (AvgIpc) is 2.39. The van der Waals surface area contributed by atoms with Gasteiger partial charge in [-0.25, -0.2) is 0 Å². The predicted octanol–water partition coefficient (Wildman–Crippen LogP) is 1.49. The van der Waals surface area contributed by atoms with Gasteiger partial charge in [0.15, 0.2) is 0 Å². The molecule has 0 heterocycles. The lowest BCUT2D eigenvalue weighted by atomic mass is 10.1. The largest absolute Gasteiger partial charge is 0.497 e. The molecule has 0 amide bonds. The van der Waals surface area contributed by atoms with E-state index in [1.165, 1.54) is 5.56 Å². The molecule has 0 aliphatic carbocycles. The number of nitrogens with one attached hydrogen (secondary N) is 1. The highest BCUT2D eigenvalue weighted by Gasteiger charge is 2.10. The van der Waals surface area contributed by atoms with Crippen molar-refractivity contribution in [3.63, 3.8) is 0 Å². The summed E-state index contributed by atoms with van der Waals surface area (Å²) >= 11 is 0. The van der Waals surface area contributed by atoms with Gasteiger partial charge in [-0.05, 0) is 37.7 Å². The Balaban J connectivity index is 2.50. The van der Waals surface area contributed by atoms with Crippen molar-refractivity contribution in [2.24, 2.45) is 0 Å². The van der Waals surface area contributed by atoms with Crippen LogP contribution in [0, 0.1) is 0 Å². The normalized spacial score (nSPS) is 12.7. The summed E-state index contributed by atoms with van der Waals surface area (Å²) in [6.07, 6.45) is 0.788. The van der Waals surface area contributed by atoms with Gasteiger partial charge in [-0.3, -0.25) is 0 Å². The van der Waals surface area contributed by atoms with Crippen LogP contribution in [0.15, 0.2) is 24.3 Å². The Morgan fingerprint density at radius 3 is 2.84 bits per heavy atom. The standard InChI is InChI=1S/C15H26N2O2/c1-4-16-14(8-9-18)12-17(2)11-13-6-5-7-15(10-13)19-3/h5-7,10,14,16,18H,4,8-9,11-12H2,1-3H3. The third kappa shape index (κ3) is 6.05. The predicted molar refractivity (Wildman–Crippen MR) is 78.5 cm³/mol. The Kier molecular flexibility index (Phi) is 7.48. The summed E-state index contributed by atoms with van der Waals surface area (Å²) in [6, 6.07) is 8.47.